The van der Waals surface area contributed by atoms with Crippen LogP contribution in [0.2, 0.25) is 0 Å². The molecule has 6 nitrogen and oxygen atoms in total. The van der Waals surface area contributed by atoms with Crippen LogP contribution in [0, 0.1) is 0 Å². The van der Waals surface area contributed by atoms with Crippen LogP contribution in [0.4, 0.5) is 27.2 Å². The molecule has 0 amide bonds. The van der Waals surface area contributed by atoms with Crippen molar-refractivity contribution in [1.82, 2.24) is 0 Å². The average molecular weight is 326 g/mol. The summed E-state index contributed by atoms with van der Waals surface area (Å²) in [5.41, 5.74) is 0. The summed E-state index contributed by atoms with van der Waals surface area (Å²) in [7, 11) is 0. The van der Waals surface area contributed by atoms with E-state index < -0.39 is 36.0 Å². The van der Waals surface area contributed by atoms with Crippen LogP contribution < -0.4 is 9.47 Å². The van der Waals surface area contributed by atoms with E-state index >= 15 is 0 Å². The van der Waals surface area contributed by atoms with Crippen LogP contribution in [0.3, 0.4) is 0 Å². The molecule has 0 fully saturated rings. The van der Waals surface area contributed by atoms with Crippen LogP contribution in [0.15, 0.2) is 24.3 Å². The molecule has 0 saturated carbocycles. The second kappa shape index (κ2) is 6.50. The topological polar surface area (TPSA) is 71.1 Å². The van der Waals surface area contributed by atoms with Crippen molar-refractivity contribution >= 4 is 12.3 Å². The van der Waals surface area contributed by atoms with Gasteiger partial charge in [-0.1, -0.05) is 12.1 Å². The Kier molecular flexibility index (Phi) is 5.18. The number of hydrogen-bond donors (Lipinski definition) is 0. The smallest absolute Gasteiger partial charge is 0.391 e. The highest BCUT2D eigenvalue weighted by molar-refractivity contribution is 5.69. The molecule has 0 aliphatic carbocycles. The number of benzene rings is 1. The van der Waals surface area contributed by atoms with Gasteiger partial charge >= 0.3 is 24.5 Å². The summed E-state index contributed by atoms with van der Waals surface area (Å²) in [6.45, 7) is 0.606. The molecule has 0 spiro atoms. The first kappa shape index (κ1) is 17.5. The minimum absolute atomic E-state index is 0.303. The molecule has 0 unspecified atom stereocenters. The molecule has 0 N–H and O–H groups in total. The van der Waals surface area contributed by atoms with Crippen LogP contribution in [-0.2, 0) is 9.47 Å². The predicted molar refractivity (Wildman–Crippen MR) is 61.9 cm³/mol. The lowest BCUT2D eigenvalue weighted by molar-refractivity contribution is -0.193. The van der Waals surface area contributed by atoms with Gasteiger partial charge in [0.05, 0.1) is 0 Å². The number of para-hydroxylation sites is 2. The van der Waals surface area contributed by atoms with Crippen molar-refractivity contribution in [2.75, 3.05) is 0 Å². The fraction of sp³-hybridized carbons (Fsp3) is 0.333. The molecular formula is C12H10F4O6. The number of hydrogen-bond acceptors (Lipinski definition) is 6. The summed E-state index contributed by atoms with van der Waals surface area (Å²) in [6.07, 6.45) is -11.1. The van der Waals surface area contributed by atoms with Gasteiger partial charge in [-0.05, 0) is 12.1 Å². The maximum Gasteiger partial charge on any atom is 0.518 e. The molecular weight excluding hydrogens is 316 g/mol. The minimum Gasteiger partial charge on any atom is -0.391 e. The van der Waals surface area contributed by atoms with Crippen molar-refractivity contribution in [3.8, 4) is 11.5 Å². The largest absolute Gasteiger partial charge is 0.518 e. The molecule has 0 atom stereocenters. The Morgan fingerprint density at radius 3 is 1.41 bits per heavy atom. The highest BCUT2D eigenvalue weighted by Gasteiger charge is 2.30. The fourth-order valence-corrected chi connectivity index (χ4v) is 1.13. The van der Waals surface area contributed by atoms with Crippen LogP contribution in [-0.4, -0.2) is 24.5 Å². The molecule has 122 valence electrons. The quantitative estimate of drug-likeness (QED) is 0.474. The highest BCUT2D eigenvalue weighted by atomic mass is 19.3. The van der Waals surface area contributed by atoms with Gasteiger partial charge in [-0.15, -0.1) is 0 Å². The van der Waals surface area contributed by atoms with Gasteiger partial charge in [-0.25, -0.2) is 9.59 Å². The van der Waals surface area contributed by atoms with E-state index in [4.69, 9.17) is 0 Å². The van der Waals surface area contributed by atoms with Crippen LogP contribution in [0.25, 0.3) is 0 Å². The first-order valence-corrected chi connectivity index (χ1v) is 5.62. The second-order valence-corrected chi connectivity index (χ2v) is 3.97. The third-order valence-corrected chi connectivity index (χ3v) is 1.76. The zero-order valence-electron chi connectivity index (χ0n) is 11.3. The van der Waals surface area contributed by atoms with E-state index in [-0.39, 0.29) is 0 Å². The van der Waals surface area contributed by atoms with Gasteiger partial charge in [-0.2, -0.15) is 17.6 Å². The lowest BCUT2D eigenvalue weighted by Crippen LogP contribution is -2.25. The summed E-state index contributed by atoms with van der Waals surface area (Å²) < 4.78 is 65.8. The summed E-state index contributed by atoms with van der Waals surface area (Å²) in [4.78, 5) is 22.2. The maximum absolute atomic E-state index is 12.5. The van der Waals surface area contributed by atoms with Gasteiger partial charge in [-0.3, -0.25) is 0 Å². The van der Waals surface area contributed by atoms with E-state index in [9.17, 15) is 27.2 Å². The van der Waals surface area contributed by atoms with E-state index in [2.05, 4.69) is 18.9 Å². The van der Waals surface area contributed by atoms with Gasteiger partial charge in [0.1, 0.15) is 0 Å². The van der Waals surface area contributed by atoms with Gasteiger partial charge in [0, 0.05) is 13.8 Å². The number of carbonyl (C=O) groups excluding carboxylic acids is 2. The number of ether oxygens (including phenoxy) is 4. The summed E-state index contributed by atoms with van der Waals surface area (Å²) in [6, 6.07) is 4.72. The van der Waals surface area contributed by atoms with Gasteiger partial charge in [0.15, 0.2) is 11.5 Å². The van der Waals surface area contributed by atoms with Gasteiger partial charge in [0.2, 0.25) is 0 Å². The van der Waals surface area contributed by atoms with E-state index in [0.717, 1.165) is 12.1 Å². The van der Waals surface area contributed by atoms with E-state index in [1.54, 1.807) is 0 Å². The van der Waals surface area contributed by atoms with Gasteiger partial charge < -0.3 is 18.9 Å². The Labute approximate surface area is 121 Å². The van der Waals surface area contributed by atoms with E-state index in [1.807, 2.05) is 0 Å². The molecule has 0 aliphatic heterocycles. The third-order valence-electron chi connectivity index (χ3n) is 1.76. The minimum atomic E-state index is -3.78. The lowest BCUT2D eigenvalue weighted by Gasteiger charge is -2.14. The van der Waals surface area contributed by atoms with Crippen LogP contribution >= 0.6 is 0 Å². The molecule has 10 heteroatoms. The fourth-order valence-electron chi connectivity index (χ4n) is 1.13. The standard InChI is InChI=1S/C12H10F4O6/c1-11(13,14)21-9(17)19-7-5-3-4-6-8(7)20-10(18)22-12(2,15)16/h3-6H,1-2H3. The molecule has 0 heterocycles. The number of carbonyl (C=O) groups is 2. The molecule has 0 bridgehead atoms. The molecule has 22 heavy (non-hydrogen) atoms. The molecule has 0 radical (unpaired) electrons. The van der Waals surface area contributed by atoms with Gasteiger partial charge in [0.25, 0.3) is 0 Å². The molecule has 0 aromatic heterocycles. The zero-order chi connectivity index (χ0) is 17.0. The zero-order valence-corrected chi connectivity index (χ0v) is 11.3. The monoisotopic (exact) mass is 326 g/mol. The predicted octanol–water partition coefficient (Wildman–Crippen LogP) is 3.94. The van der Waals surface area contributed by atoms with Crippen molar-refractivity contribution in [1.29, 1.82) is 0 Å². The number of halogens is 4. The average Bonchev–Trinajstić information content (AvgIpc) is 2.26. The van der Waals surface area contributed by atoms with Crippen LogP contribution in [0.5, 0.6) is 11.5 Å². The third kappa shape index (κ3) is 6.77. The number of alkyl halides is 4. The normalized spacial score (nSPS) is 11.5. The molecule has 0 aliphatic rings. The Balaban J connectivity index is 2.78. The summed E-state index contributed by atoms with van der Waals surface area (Å²) in [5, 5.41) is 0. The van der Waals surface area contributed by atoms with Crippen molar-refractivity contribution in [2.24, 2.45) is 0 Å². The van der Waals surface area contributed by atoms with E-state index in [0.29, 0.717) is 13.8 Å². The second-order valence-electron chi connectivity index (χ2n) is 3.97. The van der Waals surface area contributed by atoms with Crippen molar-refractivity contribution < 1.29 is 46.1 Å². The first-order valence-electron chi connectivity index (χ1n) is 5.62. The Hall–Kier alpha value is -2.52. The highest BCUT2D eigenvalue weighted by Crippen LogP contribution is 2.28. The maximum atomic E-state index is 12.5. The Morgan fingerprint density at radius 2 is 1.14 bits per heavy atom. The summed E-state index contributed by atoms with van der Waals surface area (Å²) in [5.74, 6) is -1.01. The van der Waals surface area contributed by atoms with Crippen molar-refractivity contribution in [2.45, 2.75) is 26.1 Å². The first-order chi connectivity index (χ1) is 9.96. The Morgan fingerprint density at radius 1 is 0.818 bits per heavy atom. The summed E-state index contributed by atoms with van der Waals surface area (Å²) >= 11 is 0. The Bertz CT molecular complexity index is 500. The molecule has 1 aromatic carbocycles. The number of rotatable bonds is 4. The van der Waals surface area contributed by atoms with Crippen molar-refractivity contribution in [3.05, 3.63) is 24.3 Å². The molecule has 1 rings (SSSR count). The van der Waals surface area contributed by atoms with E-state index in [1.165, 1.54) is 12.1 Å². The molecule has 1 aromatic rings. The SMILES string of the molecule is CC(F)(F)OC(=O)Oc1ccccc1OC(=O)OC(C)(F)F. The molecule has 0 saturated heterocycles. The lowest BCUT2D eigenvalue weighted by atomic mass is 10.3. The van der Waals surface area contributed by atoms with Crippen molar-refractivity contribution in [3.63, 3.8) is 0 Å². The van der Waals surface area contributed by atoms with Crippen LogP contribution in [0.1, 0.15) is 13.8 Å².